The van der Waals surface area contributed by atoms with E-state index in [0.717, 1.165) is 0 Å². The Kier molecular flexibility index (Phi) is 2.57. The Morgan fingerprint density at radius 3 is 2.55 bits per heavy atom. The summed E-state index contributed by atoms with van der Waals surface area (Å²) in [7, 11) is 0. The molecule has 1 saturated carbocycles. The molecule has 2 N–H and O–H groups in total. The van der Waals surface area contributed by atoms with E-state index in [-0.39, 0.29) is 16.9 Å². The summed E-state index contributed by atoms with van der Waals surface area (Å²) in [6.45, 7) is 1.68. The molecule has 2 aromatic rings. The quantitative estimate of drug-likeness (QED) is 0.847. The molecule has 1 aromatic heterocycles. The van der Waals surface area contributed by atoms with Gasteiger partial charge in [0.2, 0.25) is 0 Å². The molecule has 0 unspecified atom stereocenters. The lowest BCUT2D eigenvalue weighted by Crippen LogP contribution is -2.42. The van der Waals surface area contributed by atoms with E-state index in [1.54, 1.807) is 6.92 Å². The number of aromatic hydroxyl groups is 1. The Hall–Kier alpha value is -1.76. The van der Waals surface area contributed by atoms with E-state index in [4.69, 9.17) is 0 Å². The van der Waals surface area contributed by atoms with E-state index < -0.39 is 23.1 Å². The molecule has 3 rings (SSSR count). The predicted molar refractivity (Wildman–Crippen MR) is 65.3 cm³/mol. The fourth-order valence-corrected chi connectivity index (χ4v) is 2.69. The van der Waals surface area contributed by atoms with Gasteiger partial charge in [0.15, 0.2) is 0 Å². The fourth-order valence-electron chi connectivity index (χ4n) is 2.69. The third-order valence-corrected chi connectivity index (χ3v) is 3.66. The first-order valence-corrected chi connectivity index (χ1v) is 6.17. The molecule has 7 heteroatoms. The summed E-state index contributed by atoms with van der Waals surface area (Å²) in [6.07, 6.45) is -2.31. The SMILES string of the molecule is CC1(O)CC(n2cc3c(C(F)(F)F)cc(O)cc3n2)C1. The van der Waals surface area contributed by atoms with E-state index in [2.05, 4.69) is 5.10 Å². The van der Waals surface area contributed by atoms with Gasteiger partial charge in [-0.25, -0.2) is 0 Å². The molecule has 4 nitrogen and oxygen atoms in total. The molecule has 0 spiro atoms. The molecule has 1 aromatic carbocycles. The average molecular weight is 286 g/mol. The first kappa shape index (κ1) is 13.2. The normalized spacial score (nSPS) is 26.8. The van der Waals surface area contributed by atoms with Gasteiger partial charge in [-0.05, 0) is 25.8 Å². The molecule has 0 bridgehead atoms. The van der Waals surface area contributed by atoms with Crippen molar-refractivity contribution < 1.29 is 23.4 Å². The van der Waals surface area contributed by atoms with Gasteiger partial charge in [0, 0.05) is 17.6 Å². The standard InChI is InChI=1S/C13H13F3N2O2/c1-12(20)4-7(5-12)18-6-9-10(13(14,15)16)2-8(19)3-11(9)17-18/h2-3,6-7,19-20H,4-5H2,1H3. The molecular formula is C13H13F3N2O2. The summed E-state index contributed by atoms with van der Waals surface area (Å²) < 4.78 is 40.3. The summed E-state index contributed by atoms with van der Waals surface area (Å²) >= 11 is 0. The molecule has 20 heavy (non-hydrogen) atoms. The maximum atomic E-state index is 12.9. The van der Waals surface area contributed by atoms with Crippen molar-refractivity contribution in [3.05, 3.63) is 23.9 Å². The second-order valence-electron chi connectivity index (χ2n) is 5.59. The number of halogens is 3. The van der Waals surface area contributed by atoms with Gasteiger partial charge in [0.1, 0.15) is 5.75 Å². The molecule has 0 amide bonds. The third-order valence-electron chi connectivity index (χ3n) is 3.66. The molecule has 108 valence electrons. The van der Waals surface area contributed by atoms with Crippen LogP contribution in [-0.4, -0.2) is 25.6 Å². The number of phenolic OH excluding ortho intramolecular Hbond substituents is 1. The maximum absolute atomic E-state index is 12.9. The first-order chi connectivity index (χ1) is 9.16. The van der Waals surface area contributed by atoms with Gasteiger partial charge in [0.05, 0.1) is 22.7 Å². The molecule has 0 radical (unpaired) electrons. The average Bonchev–Trinajstić information content (AvgIpc) is 2.66. The lowest BCUT2D eigenvalue weighted by molar-refractivity contribution is -0.136. The van der Waals surface area contributed by atoms with Crippen molar-refractivity contribution in [2.24, 2.45) is 0 Å². The summed E-state index contributed by atoms with van der Waals surface area (Å²) in [6, 6.07) is 1.80. The van der Waals surface area contributed by atoms with Crippen molar-refractivity contribution in [3.8, 4) is 5.75 Å². The lowest BCUT2D eigenvalue weighted by Gasteiger charge is -2.40. The third kappa shape index (κ3) is 2.11. The summed E-state index contributed by atoms with van der Waals surface area (Å²) in [5, 5.41) is 23.1. The van der Waals surface area contributed by atoms with Crippen molar-refractivity contribution in [2.75, 3.05) is 0 Å². The molecule has 1 fully saturated rings. The second kappa shape index (κ2) is 3.88. The molecule has 1 aliphatic carbocycles. The van der Waals surface area contributed by atoms with Crippen molar-refractivity contribution in [3.63, 3.8) is 0 Å². The van der Waals surface area contributed by atoms with E-state index in [0.29, 0.717) is 18.9 Å². The summed E-state index contributed by atoms with van der Waals surface area (Å²) in [5.41, 5.74) is -1.58. The number of hydrogen-bond donors (Lipinski definition) is 2. The molecule has 1 aliphatic rings. The van der Waals surface area contributed by atoms with Crippen LogP contribution in [0, 0.1) is 0 Å². The van der Waals surface area contributed by atoms with Crippen LogP contribution in [0.5, 0.6) is 5.75 Å². The minimum Gasteiger partial charge on any atom is -0.508 e. The number of benzene rings is 1. The van der Waals surface area contributed by atoms with Gasteiger partial charge in [-0.3, -0.25) is 4.68 Å². The van der Waals surface area contributed by atoms with Crippen LogP contribution in [-0.2, 0) is 6.18 Å². The Morgan fingerprint density at radius 1 is 1.35 bits per heavy atom. The van der Waals surface area contributed by atoms with Gasteiger partial charge >= 0.3 is 6.18 Å². The van der Waals surface area contributed by atoms with Gasteiger partial charge in [-0.2, -0.15) is 18.3 Å². The Morgan fingerprint density at radius 2 is 2.00 bits per heavy atom. The highest BCUT2D eigenvalue weighted by Crippen LogP contribution is 2.42. The van der Waals surface area contributed by atoms with Crippen LogP contribution < -0.4 is 0 Å². The number of hydrogen-bond acceptors (Lipinski definition) is 3. The lowest BCUT2D eigenvalue weighted by atomic mass is 9.77. The number of nitrogens with zero attached hydrogens (tertiary/aromatic N) is 2. The number of aliphatic hydroxyl groups is 1. The minimum absolute atomic E-state index is 0.0400. The molecule has 0 aliphatic heterocycles. The van der Waals surface area contributed by atoms with Crippen molar-refractivity contribution >= 4 is 10.9 Å². The van der Waals surface area contributed by atoms with Gasteiger partial charge in [-0.15, -0.1) is 0 Å². The number of alkyl halides is 3. The Labute approximate surface area is 112 Å². The minimum atomic E-state index is -4.55. The second-order valence-corrected chi connectivity index (χ2v) is 5.59. The maximum Gasteiger partial charge on any atom is 0.417 e. The first-order valence-electron chi connectivity index (χ1n) is 6.17. The smallest absolute Gasteiger partial charge is 0.417 e. The fraction of sp³-hybridized carbons (Fsp3) is 0.462. The van der Waals surface area contributed by atoms with Gasteiger partial charge in [-0.1, -0.05) is 0 Å². The molecule has 0 atom stereocenters. The van der Waals surface area contributed by atoms with Crippen molar-refractivity contribution in [1.82, 2.24) is 9.78 Å². The van der Waals surface area contributed by atoms with Crippen LogP contribution in [0.25, 0.3) is 10.9 Å². The van der Waals surface area contributed by atoms with Gasteiger partial charge in [0.25, 0.3) is 0 Å². The number of aromatic nitrogens is 2. The topological polar surface area (TPSA) is 58.3 Å². The van der Waals surface area contributed by atoms with Crippen LogP contribution in [0.1, 0.15) is 31.4 Å². The Bertz CT molecular complexity index is 668. The van der Waals surface area contributed by atoms with Crippen LogP contribution in [0.4, 0.5) is 13.2 Å². The predicted octanol–water partition coefficient (Wildman–Crippen LogP) is 2.85. The molecular weight excluding hydrogens is 273 g/mol. The largest absolute Gasteiger partial charge is 0.508 e. The van der Waals surface area contributed by atoms with E-state index in [1.807, 2.05) is 0 Å². The van der Waals surface area contributed by atoms with E-state index >= 15 is 0 Å². The summed E-state index contributed by atoms with van der Waals surface area (Å²) in [4.78, 5) is 0. The zero-order valence-corrected chi connectivity index (χ0v) is 10.6. The highest BCUT2D eigenvalue weighted by molar-refractivity contribution is 5.84. The van der Waals surface area contributed by atoms with Crippen LogP contribution in [0.15, 0.2) is 18.3 Å². The van der Waals surface area contributed by atoms with Crippen LogP contribution in [0.2, 0.25) is 0 Å². The zero-order valence-electron chi connectivity index (χ0n) is 10.6. The van der Waals surface area contributed by atoms with Crippen molar-refractivity contribution in [1.29, 1.82) is 0 Å². The number of rotatable bonds is 1. The monoisotopic (exact) mass is 286 g/mol. The highest BCUT2D eigenvalue weighted by atomic mass is 19.4. The Balaban J connectivity index is 2.07. The van der Waals surface area contributed by atoms with E-state index in [9.17, 15) is 23.4 Å². The van der Waals surface area contributed by atoms with Crippen LogP contribution in [0.3, 0.4) is 0 Å². The number of fused-ring (bicyclic) bond motifs is 1. The molecule has 1 heterocycles. The zero-order chi connectivity index (χ0) is 14.7. The molecule has 0 saturated heterocycles. The van der Waals surface area contributed by atoms with Crippen LogP contribution >= 0.6 is 0 Å². The number of phenols is 1. The van der Waals surface area contributed by atoms with Gasteiger partial charge < -0.3 is 10.2 Å². The highest BCUT2D eigenvalue weighted by Gasteiger charge is 2.40. The van der Waals surface area contributed by atoms with E-state index in [1.165, 1.54) is 16.9 Å². The van der Waals surface area contributed by atoms with Crippen molar-refractivity contribution in [2.45, 2.75) is 37.6 Å². The summed E-state index contributed by atoms with van der Waals surface area (Å²) in [5.74, 6) is -0.462.